The molecular weight excluding hydrogens is 2590 g/mol. The first-order valence-electron chi connectivity index (χ1n) is 43.6. The number of carboxylic acid groups (broad SMARTS) is 1. The van der Waals surface area contributed by atoms with Gasteiger partial charge in [-0.1, -0.05) is 240 Å². The Morgan fingerprint density at radius 3 is 1.12 bits per heavy atom. The molecule has 0 spiro atoms. The fourth-order valence-corrected chi connectivity index (χ4v) is 17.1. The van der Waals surface area contributed by atoms with Crippen LogP contribution < -0.4 is 0 Å². The first-order chi connectivity index (χ1) is 67.5. The van der Waals surface area contributed by atoms with Crippen LogP contribution in [0.5, 0.6) is 0 Å². The molecule has 728 valence electrons. The number of pyridine rings is 10. The molecule has 1 aliphatic carbocycles. The third-order valence-corrected chi connectivity index (χ3v) is 24.2. The van der Waals surface area contributed by atoms with Gasteiger partial charge in [-0.2, -0.15) is 35.5 Å². The molecule has 0 aliphatic heterocycles. The number of carbonyl (C=O) groups is 1. The Labute approximate surface area is 872 Å². The summed E-state index contributed by atoms with van der Waals surface area (Å²) in [7, 11) is 0. The molecule has 1 N–H and O–H groups in total. The van der Waals surface area contributed by atoms with Crippen LogP contribution >= 0.6 is 0 Å². The van der Waals surface area contributed by atoms with Gasteiger partial charge in [-0.3, -0.25) is 39.4 Å². The van der Waals surface area contributed by atoms with Crippen LogP contribution in [0, 0.1) is 90.2 Å². The largest absolute Gasteiger partial charge is 2.00 e. The van der Waals surface area contributed by atoms with Crippen molar-refractivity contribution in [1.29, 1.82) is 0 Å². The third-order valence-electron chi connectivity index (χ3n) is 24.2. The molecule has 0 saturated heterocycles. The van der Waals surface area contributed by atoms with Gasteiger partial charge in [0.1, 0.15) is 69.9 Å². The van der Waals surface area contributed by atoms with Gasteiger partial charge in [0.25, 0.3) is 0 Å². The average Bonchev–Trinajstić information content (AvgIpc) is 1.53. The molecule has 1 aliphatic rings. The van der Waals surface area contributed by atoms with E-state index in [2.05, 4.69) is 182 Å². The molecule has 35 heteroatoms. The van der Waals surface area contributed by atoms with Gasteiger partial charge in [-0.25, -0.2) is 44.9 Å². The zero-order valence-electron chi connectivity index (χ0n) is 75.4. The van der Waals surface area contributed by atoms with Crippen LogP contribution in [0.25, 0.3) is 106 Å². The van der Waals surface area contributed by atoms with Crippen molar-refractivity contribution >= 4 is 49.8 Å². The van der Waals surface area contributed by atoms with Crippen molar-refractivity contribution < 1.29 is 151 Å². The van der Waals surface area contributed by atoms with Crippen LogP contribution in [-0.4, -0.2) is 90.3 Å². The van der Waals surface area contributed by atoms with Crippen LogP contribution in [0.3, 0.4) is 0 Å². The molecule has 21 aromatic rings. The van der Waals surface area contributed by atoms with E-state index in [0.717, 1.165) is 138 Å². The molecule has 1 fully saturated rings. The summed E-state index contributed by atoms with van der Waals surface area (Å²) in [5.41, 5.74) is 8.75. The smallest absolute Gasteiger partial charge is 0.516 e. The number of hydrogen-bond donors (Lipinski definition) is 1. The minimum absolute atomic E-state index is 0. The molecule has 6 aromatic carbocycles. The van der Waals surface area contributed by atoms with E-state index in [0.29, 0.717) is 34.2 Å². The number of nitrogens with zero attached hydrogens (tertiary/aromatic N) is 16. The first-order valence-corrected chi connectivity index (χ1v) is 43.6. The number of benzene rings is 6. The molecule has 0 amide bonds. The number of carboxylic acids is 1. The Hall–Kier alpha value is -14.5. The number of fused-ring (bicyclic) bond motifs is 6. The Morgan fingerprint density at radius 1 is 0.361 bits per heavy atom. The quantitative estimate of drug-likeness (QED) is 0.0476. The van der Waals surface area contributed by atoms with Gasteiger partial charge in [0.05, 0.1) is 34.0 Å². The maximum atomic E-state index is 14.3. The topological polar surface area (TPSA) is 246 Å². The fraction of sp³-hybridized carbons (Fsp3) is 0.119. The van der Waals surface area contributed by atoms with Crippen LogP contribution in [0.15, 0.2) is 306 Å². The van der Waals surface area contributed by atoms with Crippen LogP contribution in [0.1, 0.15) is 126 Å². The van der Waals surface area contributed by atoms with Crippen LogP contribution in [-0.2, 0) is 112 Å². The van der Waals surface area contributed by atoms with Gasteiger partial charge in [0, 0.05) is 94.7 Å². The average molecular weight is 2660 g/mol. The summed E-state index contributed by atoms with van der Waals surface area (Å²) < 4.78 is 165. The zero-order valence-corrected chi connectivity index (χ0v) is 84.5. The van der Waals surface area contributed by atoms with Gasteiger partial charge in [0.15, 0.2) is 0 Å². The molecule has 15 heterocycles. The number of hydrogen-bond acceptors (Lipinski definition) is 16. The zero-order chi connectivity index (χ0) is 97.4. The molecule has 144 heavy (non-hydrogen) atoms. The molecule has 0 bridgehead atoms. The number of aromatic carboxylic acids is 1. The van der Waals surface area contributed by atoms with Gasteiger partial charge < -0.3 is 38.6 Å². The number of alkyl halides is 3. The number of rotatable bonds is 18. The van der Waals surface area contributed by atoms with E-state index in [-0.39, 0.29) is 141 Å². The monoisotopic (exact) mass is 2660 g/mol. The molecule has 0 radical (unpaired) electrons. The van der Waals surface area contributed by atoms with Crippen molar-refractivity contribution in [2.24, 2.45) is 0 Å². The third kappa shape index (κ3) is 21.0. The van der Waals surface area contributed by atoms with E-state index >= 15 is 0 Å². The van der Waals surface area contributed by atoms with Crippen molar-refractivity contribution in [3.63, 3.8) is 0 Å². The van der Waals surface area contributed by atoms with E-state index in [1.807, 2.05) is 122 Å². The minimum Gasteiger partial charge on any atom is -0.516 e. The first kappa shape index (κ1) is 104. The van der Waals surface area contributed by atoms with Crippen LogP contribution in [0.4, 0.5) is 48.3 Å². The molecule has 0 unspecified atom stereocenters. The minimum atomic E-state index is -4.59. The second-order valence-electron chi connectivity index (χ2n) is 33.6. The van der Waals surface area contributed by atoms with Crippen molar-refractivity contribution in [1.82, 2.24) is 79.2 Å². The Kier molecular flexibility index (Phi) is 31.3. The van der Waals surface area contributed by atoms with Gasteiger partial charge in [-0.05, 0) is 153 Å². The molecule has 22 rings (SSSR count). The van der Waals surface area contributed by atoms with E-state index < -0.39 is 87.1 Å². The predicted molar refractivity (Wildman–Crippen MR) is 496 cm³/mol. The summed E-state index contributed by atoms with van der Waals surface area (Å²) in [6, 6.07) is 100. The van der Waals surface area contributed by atoms with Crippen molar-refractivity contribution in [3.8, 4) is 62.2 Å². The number of aromatic nitrogens is 16. The van der Waals surface area contributed by atoms with Crippen LogP contribution in [0.2, 0.25) is 0 Å². The Bertz CT molecular complexity index is 7960. The summed E-state index contributed by atoms with van der Waals surface area (Å²) >= 11 is 0. The second-order valence-corrected chi connectivity index (χ2v) is 33.6. The predicted octanol–water partition coefficient (Wildman–Crippen LogP) is 24.0. The van der Waals surface area contributed by atoms with E-state index in [1.165, 1.54) is 18.2 Å². The SMILES string of the molecule is CC(C)(c1cccc(-c2[c-]cc(F)nc2F)n1)c1cccc(-n2[c-]cc(C(F)(F)F)n2)n1.CC(C)(c1cccc(C(=O)O)n1)c1cccc(-c2[c-]cc(F)nc2F)n1.Fc1c[c-]c(-c2cccc(C3(c4cccc(-c5[c-]cc(F)nc5F)n4)CCCC3)n2)c(F)n1.[Pt+2].[Pt+2].[Pt+2].[Pt].[c-]1cc2oc3ccccc3c2cc1-n1ccc(C(c2ccccc2)(c2ccccc2)c2ccn(-c3[c-]cc4oc5ccccc5c4c3)n2)n1. The fourth-order valence-electron chi connectivity index (χ4n) is 17.1. The van der Waals surface area contributed by atoms with Gasteiger partial charge in [-0.15, -0.1) is 54.6 Å². The summed E-state index contributed by atoms with van der Waals surface area (Å²) in [6.07, 6.45) is 5.14. The molecule has 15 aromatic heterocycles. The van der Waals surface area contributed by atoms with Crippen molar-refractivity contribution in [2.45, 2.75) is 81.2 Å². The number of halogens is 11. The molecule has 1 saturated carbocycles. The van der Waals surface area contributed by atoms with Crippen molar-refractivity contribution in [2.75, 3.05) is 0 Å². The number of furan rings is 2. The van der Waals surface area contributed by atoms with Gasteiger partial charge in [0.2, 0.25) is 0 Å². The number of para-hydroxylation sites is 2. The summed E-state index contributed by atoms with van der Waals surface area (Å²) in [6.45, 7) is 7.27. The Morgan fingerprint density at radius 2 is 0.729 bits per heavy atom. The van der Waals surface area contributed by atoms with E-state index in [4.69, 9.17) is 24.1 Å². The van der Waals surface area contributed by atoms with E-state index in [1.54, 1.807) is 78.9 Å². The molecular formula is C109H70F11N16O4Pt4-. The molecule has 20 nitrogen and oxygen atoms in total. The molecule has 0 atom stereocenters. The summed E-state index contributed by atoms with van der Waals surface area (Å²) in [4.78, 5) is 50.8. The summed E-state index contributed by atoms with van der Waals surface area (Å²) in [5, 5.41) is 27.4. The Balaban J connectivity index is 0.000000147. The maximum absolute atomic E-state index is 14.3. The maximum Gasteiger partial charge on any atom is 2.00 e. The van der Waals surface area contributed by atoms with Gasteiger partial charge >= 0.3 is 75.3 Å². The van der Waals surface area contributed by atoms with E-state index in [9.17, 15) is 53.1 Å². The second kappa shape index (κ2) is 43.4. The summed E-state index contributed by atoms with van der Waals surface area (Å²) in [5.74, 6) is -8.88. The normalized spacial score (nSPS) is 12.3. The standard InChI is InChI=1S/C43H26N4O2.C25H16F4N4.C22H14F5N5.C19H14F2N3O2.4Pt/c1-3-11-29(12-4-1)43(30-13-5-2-6-14-30,41-23-25-46(44-41)31-19-21-39-35(27-31)33-15-7-9-17-37(33)48-39)42-24-26-47(45-42)32-20-22-40-36(28-32)34-16-8-10-18-38(34)49-40;26-21-11-9-15(23(28)32-21)17-5-3-7-19(30-17)25(13-1-2-14-25)20-8-4-6-18(31-20)16-10-12-22(27)33-24(16)29;1-21(2,15-6-3-5-14(28-15)13-9-10-18(23)30-20(13)24)16-7-4-8-19(29-16)32-12-11-17(31-32)22(25,26)27;1-19(2,15-8-4-6-13(23-15)18(25)26)14-7-3-5-12(22-14)11-9-10-16(20)24-17(11)21;;;;/h1-18,21-28H;3-8,11-12H,1-2,13-14H2;3-8,10-11H,1-2H3;3-8,10H,1-2H3,(H,25,26);;;;/q3*-2;-1;;3*+2. The van der Waals surface area contributed by atoms with Crippen molar-refractivity contribution in [3.05, 3.63) is 456 Å².